The molecule has 0 saturated heterocycles. The number of phenols is 1. The molecule has 0 aromatic heterocycles. The summed E-state index contributed by atoms with van der Waals surface area (Å²) in [7, 11) is 0. The molecule has 0 bridgehead atoms. The smallest absolute Gasteiger partial charge is 0.336 e. The zero-order valence-electron chi connectivity index (χ0n) is 9.99. The van der Waals surface area contributed by atoms with Crippen molar-refractivity contribution in [3.05, 3.63) is 27.7 Å². The van der Waals surface area contributed by atoms with E-state index in [4.69, 9.17) is 10.8 Å². The topological polar surface area (TPSA) is 83.6 Å². The SMILES string of the molecule is CC(C)(C)[C@H](N)c1c(C(=O)O)ccc(Br)c1O. The largest absolute Gasteiger partial charge is 0.506 e. The first-order valence-electron chi connectivity index (χ1n) is 5.16. The summed E-state index contributed by atoms with van der Waals surface area (Å²) in [6.45, 7) is 5.68. The predicted octanol–water partition coefficient (Wildman–Crippen LogP) is 2.90. The van der Waals surface area contributed by atoms with Crippen molar-refractivity contribution in [1.82, 2.24) is 0 Å². The number of halogens is 1. The van der Waals surface area contributed by atoms with E-state index in [2.05, 4.69) is 15.9 Å². The molecule has 1 aromatic rings. The number of carboxylic acid groups (broad SMARTS) is 1. The summed E-state index contributed by atoms with van der Waals surface area (Å²) in [5.41, 5.74) is 5.99. The molecule has 0 aliphatic rings. The molecule has 4 N–H and O–H groups in total. The Morgan fingerprint density at radius 1 is 1.41 bits per heavy atom. The van der Waals surface area contributed by atoms with Gasteiger partial charge in [-0.25, -0.2) is 4.79 Å². The lowest BCUT2D eigenvalue weighted by molar-refractivity contribution is 0.0693. The fourth-order valence-electron chi connectivity index (χ4n) is 1.52. The summed E-state index contributed by atoms with van der Waals surface area (Å²) in [5, 5.41) is 19.1. The fraction of sp³-hybridized carbons (Fsp3) is 0.417. The lowest BCUT2D eigenvalue weighted by Gasteiger charge is -2.29. The van der Waals surface area contributed by atoms with Gasteiger partial charge in [0.15, 0.2) is 0 Å². The molecule has 1 rings (SSSR count). The van der Waals surface area contributed by atoms with E-state index in [1.807, 2.05) is 20.8 Å². The average Bonchev–Trinajstić information content (AvgIpc) is 2.19. The van der Waals surface area contributed by atoms with E-state index in [-0.39, 0.29) is 22.3 Å². The van der Waals surface area contributed by atoms with Crippen molar-refractivity contribution < 1.29 is 15.0 Å². The summed E-state index contributed by atoms with van der Waals surface area (Å²) < 4.78 is 0.442. The zero-order valence-corrected chi connectivity index (χ0v) is 11.6. The van der Waals surface area contributed by atoms with Gasteiger partial charge in [0.05, 0.1) is 10.0 Å². The number of aromatic carboxylic acids is 1. The van der Waals surface area contributed by atoms with Crippen LogP contribution in [0.3, 0.4) is 0 Å². The van der Waals surface area contributed by atoms with Gasteiger partial charge in [-0.2, -0.15) is 0 Å². The molecule has 0 saturated carbocycles. The molecule has 17 heavy (non-hydrogen) atoms. The van der Waals surface area contributed by atoms with E-state index in [0.29, 0.717) is 4.47 Å². The minimum Gasteiger partial charge on any atom is -0.506 e. The number of carboxylic acids is 1. The van der Waals surface area contributed by atoms with E-state index in [1.165, 1.54) is 12.1 Å². The zero-order chi connectivity index (χ0) is 13.4. The molecule has 4 nitrogen and oxygen atoms in total. The number of benzene rings is 1. The number of rotatable bonds is 2. The van der Waals surface area contributed by atoms with Crippen LogP contribution in [0.2, 0.25) is 0 Å². The van der Waals surface area contributed by atoms with Gasteiger partial charge in [-0.15, -0.1) is 0 Å². The first-order chi connectivity index (χ1) is 7.66. The summed E-state index contributed by atoms with van der Waals surface area (Å²) in [4.78, 5) is 11.1. The van der Waals surface area contributed by atoms with Crippen LogP contribution in [0, 0.1) is 5.41 Å². The molecule has 5 heteroatoms. The molecule has 0 fully saturated rings. The Hall–Kier alpha value is -1.07. The van der Waals surface area contributed by atoms with Crippen LogP contribution in [-0.4, -0.2) is 16.2 Å². The second-order valence-corrected chi connectivity index (χ2v) is 5.86. The van der Waals surface area contributed by atoms with Gasteiger partial charge in [-0.3, -0.25) is 0 Å². The maximum atomic E-state index is 11.1. The van der Waals surface area contributed by atoms with Crippen molar-refractivity contribution in [3.63, 3.8) is 0 Å². The third kappa shape index (κ3) is 2.79. The molecule has 94 valence electrons. The van der Waals surface area contributed by atoms with Gasteiger partial charge < -0.3 is 15.9 Å². The van der Waals surface area contributed by atoms with Gasteiger partial charge in [-0.1, -0.05) is 20.8 Å². The van der Waals surface area contributed by atoms with Gasteiger partial charge in [0, 0.05) is 11.6 Å². The van der Waals surface area contributed by atoms with E-state index < -0.39 is 12.0 Å². The predicted molar refractivity (Wildman–Crippen MR) is 69.1 cm³/mol. The van der Waals surface area contributed by atoms with Crippen molar-refractivity contribution in [2.45, 2.75) is 26.8 Å². The average molecular weight is 302 g/mol. The molecular weight excluding hydrogens is 286 g/mol. The normalized spacial score (nSPS) is 13.5. The Bertz CT molecular complexity index is 452. The Balaban J connectivity index is 3.49. The van der Waals surface area contributed by atoms with Crippen LogP contribution in [0.15, 0.2) is 16.6 Å². The lowest BCUT2D eigenvalue weighted by Crippen LogP contribution is -2.28. The number of carbonyl (C=O) groups is 1. The maximum Gasteiger partial charge on any atom is 0.336 e. The Morgan fingerprint density at radius 3 is 2.35 bits per heavy atom. The van der Waals surface area contributed by atoms with Gasteiger partial charge in [0.25, 0.3) is 0 Å². The maximum absolute atomic E-state index is 11.1. The third-order valence-corrected chi connectivity index (χ3v) is 3.28. The molecule has 0 aliphatic carbocycles. The number of aromatic hydroxyl groups is 1. The molecule has 0 aliphatic heterocycles. The first-order valence-corrected chi connectivity index (χ1v) is 5.95. The van der Waals surface area contributed by atoms with Gasteiger partial charge in [0.1, 0.15) is 5.75 Å². The second kappa shape index (κ2) is 4.66. The van der Waals surface area contributed by atoms with Crippen LogP contribution in [0.5, 0.6) is 5.75 Å². The highest BCUT2D eigenvalue weighted by Gasteiger charge is 2.29. The van der Waals surface area contributed by atoms with E-state index in [9.17, 15) is 9.90 Å². The first kappa shape index (κ1) is 14.0. The Labute approximate surface area is 109 Å². The summed E-state index contributed by atoms with van der Waals surface area (Å²) in [6.07, 6.45) is 0. The lowest BCUT2D eigenvalue weighted by atomic mass is 9.81. The molecule has 0 spiro atoms. The molecule has 0 unspecified atom stereocenters. The molecule has 0 radical (unpaired) electrons. The number of hydrogen-bond acceptors (Lipinski definition) is 3. The quantitative estimate of drug-likeness (QED) is 0.784. The number of hydrogen-bond donors (Lipinski definition) is 3. The van der Waals surface area contributed by atoms with Crippen LogP contribution >= 0.6 is 15.9 Å². The van der Waals surface area contributed by atoms with Crippen molar-refractivity contribution in [2.24, 2.45) is 11.1 Å². The van der Waals surface area contributed by atoms with Crippen molar-refractivity contribution in [1.29, 1.82) is 0 Å². The fourth-order valence-corrected chi connectivity index (χ4v) is 1.86. The van der Waals surface area contributed by atoms with Gasteiger partial charge in [0.2, 0.25) is 0 Å². The summed E-state index contributed by atoms with van der Waals surface area (Å²) >= 11 is 3.17. The Kier molecular flexibility index (Phi) is 3.84. The van der Waals surface area contributed by atoms with Crippen LogP contribution in [0.1, 0.15) is 42.7 Å². The Morgan fingerprint density at radius 2 is 1.94 bits per heavy atom. The molecule has 1 aromatic carbocycles. The molecular formula is C12H16BrNO3. The molecule has 0 heterocycles. The minimum absolute atomic E-state index is 0.0353. The number of phenolic OH excluding ortho intramolecular Hbond substituents is 1. The van der Waals surface area contributed by atoms with E-state index in [1.54, 1.807) is 0 Å². The van der Waals surface area contributed by atoms with E-state index >= 15 is 0 Å². The standard InChI is InChI=1S/C12H16BrNO3/c1-12(2,3)10(14)8-6(11(16)17)4-5-7(13)9(8)15/h4-5,10,15H,14H2,1-3H3,(H,16,17)/t10-/m1/s1. The highest BCUT2D eigenvalue weighted by molar-refractivity contribution is 9.10. The highest BCUT2D eigenvalue weighted by Crippen LogP contribution is 2.40. The van der Waals surface area contributed by atoms with Crippen LogP contribution in [-0.2, 0) is 0 Å². The van der Waals surface area contributed by atoms with Crippen LogP contribution < -0.4 is 5.73 Å². The monoisotopic (exact) mass is 301 g/mol. The second-order valence-electron chi connectivity index (χ2n) is 5.01. The van der Waals surface area contributed by atoms with Crippen LogP contribution in [0.4, 0.5) is 0 Å². The summed E-state index contributed by atoms with van der Waals surface area (Å²) in [6, 6.07) is 2.37. The third-order valence-electron chi connectivity index (χ3n) is 2.64. The van der Waals surface area contributed by atoms with Crippen molar-refractivity contribution in [2.75, 3.05) is 0 Å². The minimum atomic E-state index is -1.09. The van der Waals surface area contributed by atoms with Gasteiger partial charge >= 0.3 is 5.97 Å². The molecule has 0 amide bonds. The van der Waals surface area contributed by atoms with Gasteiger partial charge in [-0.05, 0) is 33.5 Å². The van der Waals surface area contributed by atoms with E-state index in [0.717, 1.165) is 0 Å². The molecule has 1 atom stereocenters. The number of nitrogens with two attached hydrogens (primary N) is 1. The van der Waals surface area contributed by atoms with Crippen molar-refractivity contribution in [3.8, 4) is 5.75 Å². The summed E-state index contributed by atoms with van der Waals surface area (Å²) in [5.74, 6) is -1.20. The van der Waals surface area contributed by atoms with Crippen LogP contribution in [0.25, 0.3) is 0 Å². The van der Waals surface area contributed by atoms with Crippen molar-refractivity contribution >= 4 is 21.9 Å². The highest BCUT2D eigenvalue weighted by atomic mass is 79.9.